The van der Waals surface area contributed by atoms with Crippen molar-refractivity contribution in [3.05, 3.63) is 35.6 Å². The lowest BCUT2D eigenvalue weighted by Crippen LogP contribution is -2.42. The number of nitrogens with one attached hydrogen (secondary N) is 1. The number of halogens is 1. The third-order valence-corrected chi connectivity index (χ3v) is 2.54. The molecule has 0 aliphatic heterocycles. The van der Waals surface area contributed by atoms with Crippen LogP contribution in [0.1, 0.15) is 31.1 Å². The Kier molecular flexibility index (Phi) is 5.48. The quantitative estimate of drug-likeness (QED) is 0.883. The van der Waals surface area contributed by atoms with Crippen LogP contribution in [-0.4, -0.2) is 35.8 Å². The minimum atomic E-state index is -0.392. The largest absolute Gasteiger partial charge is 0.352 e. The van der Waals surface area contributed by atoms with Crippen LogP contribution in [0.3, 0.4) is 0 Å². The van der Waals surface area contributed by atoms with Crippen molar-refractivity contribution in [2.24, 2.45) is 0 Å². The zero-order valence-electron chi connectivity index (χ0n) is 11.4. The second-order valence-electron chi connectivity index (χ2n) is 4.55. The summed E-state index contributed by atoms with van der Waals surface area (Å²) >= 11 is 0. The molecule has 1 N–H and O–H groups in total. The van der Waals surface area contributed by atoms with Crippen LogP contribution in [0.15, 0.2) is 24.3 Å². The minimum absolute atomic E-state index is 0.00485. The standard InChI is InChI=1S/C14H19FN2O2/c1-4-17(9-13(18)16-10(2)3)14(19)11-5-7-12(15)8-6-11/h5-8,10H,4,9H2,1-3H3,(H,16,18). The molecular formula is C14H19FN2O2. The Morgan fingerprint density at radius 3 is 2.32 bits per heavy atom. The smallest absolute Gasteiger partial charge is 0.254 e. The van der Waals surface area contributed by atoms with Gasteiger partial charge in [-0.1, -0.05) is 0 Å². The van der Waals surface area contributed by atoms with Gasteiger partial charge in [-0.25, -0.2) is 4.39 Å². The van der Waals surface area contributed by atoms with E-state index < -0.39 is 5.82 Å². The zero-order chi connectivity index (χ0) is 14.4. The topological polar surface area (TPSA) is 49.4 Å². The van der Waals surface area contributed by atoms with E-state index in [9.17, 15) is 14.0 Å². The molecule has 0 radical (unpaired) electrons. The maximum atomic E-state index is 12.8. The van der Waals surface area contributed by atoms with E-state index in [2.05, 4.69) is 5.32 Å². The number of nitrogens with zero attached hydrogens (tertiary/aromatic N) is 1. The Labute approximate surface area is 112 Å². The Balaban J connectivity index is 2.71. The molecule has 0 fully saturated rings. The van der Waals surface area contributed by atoms with Crippen molar-refractivity contribution >= 4 is 11.8 Å². The Morgan fingerprint density at radius 1 is 1.26 bits per heavy atom. The normalized spacial score (nSPS) is 10.4. The number of rotatable bonds is 5. The maximum absolute atomic E-state index is 12.8. The number of carbonyl (C=O) groups excluding carboxylic acids is 2. The van der Waals surface area contributed by atoms with Crippen LogP contribution in [0, 0.1) is 5.82 Å². The van der Waals surface area contributed by atoms with Gasteiger partial charge in [0.1, 0.15) is 5.82 Å². The fraction of sp³-hybridized carbons (Fsp3) is 0.429. The van der Waals surface area contributed by atoms with Crippen molar-refractivity contribution < 1.29 is 14.0 Å². The summed E-state index contributed by atoms with van der Waals surface area (Å²) in [6.07, 6.45) is 0. The molecule has 1 aromatic carbocycles. The first kappa shape index (κ1) is 15.1. The number of likely N-dealkylation sites (N-methyl/N-ethyl adjacent to an activating group) is 1. The lowest BCUT2D eigenvalue weighted by Gasteiger charge is -2.21. The van der Waals surface area contributed by atoms with Gasteiger partial charge in [0.25, 0.3) is 5.91 Å². The van der Waals surface area contributed by atoms with Crippen molar-refractivity contribution in [2.75, 3.05) is 13.1 Å². The average molecular weight is 266 g/mol. The van der Waals surface area contributed by atoms with Crippen LogP contribution in [0.2, 0.25) is 0 Å². The van der Waals surface area contributed by atoms with Gasteiger partial charge in [0, 0.05) is 18.2 Å². The van der Waals surface area contributed by atoms with Crippen LogP contribution in [0.4, 0.5) is 4.39 Å². The first-order valence-electron chi connectivity index (χ1n) is 6.28. The van der Waals surface area contributed by atoms with Crippen molar-refractivity contribution in [1.29, 1.82) is 0 Å². The van der Waals surface area contributed by atoms with Gasteiger partial charge >= 0.3 is 0 Å². The first-order valence-corrected chi connectivity index (χ1v) is 6.28. The molecule has 0 aliphatic rings. The zero-order valence-corrected chi connectivity index (χ0v) is 11.4. The summed E-state index contributed by atoms with van der Waals surface area (Å²) in [5.41, 5.74) is 0.376. The second kappa shape index (κ2) is 6.87. The molecule has 4 nitrogen and oxygen atoms in total. The van der Waals surface area contributed by atoms with Crippen LogP contribution >= 0.6 is 0 Å². The lowest BCUT2D eigenvalue weighted by molar-refractivity contribution is -0.122. The molecule has 5 heteroatoms. The van der Waals surface area contributed by atoms with E-state index in [1.165, 1.54) is 29.2 Å². The molecule has 0 heterocycles. The van der Waals surface area contributed by atoms with Crippen LogP contribution < -0.4 is 5.32 Å². The Bertz CT molecular complexity index is 443. The SMILES string of the molecule is CCN(CC(=O)NC(C)C)C(=O)c1ccc(F)cc1. The molecule has 0 atom stereocenters. The van der Waals surface area contributed by atoms with E-state index >= 15 is 0 Å². The van der Waals surface area contributed by atoms with Gasteiger partial charge in [0.15, 0.2) is 0 Å². The average Bonchev–Trinajstić information content (AvgIpc) is 2.35. The number of benzene rings is 1. The molecule has 2 amide bonds. The van der Waals surface area contributed by atoms with E-state index in [4.69, 9.17) is 0 Å². The Morgan fingerprint density at radius 2 is 1.84 bits per heavy atom. The van der Waals surface area contributed by atoms with E-state index in [0.717, 1.165) is 0 Å². The monoisotopic (exact) mass is 266 g/mol. The van der Waals surface area contributed by atoms with Gasteiger partial charge in [0.2, 0.25) is 5.91 Å². The van der Waals surface area contributed by atoms with E-state index in [1.807, 2.05) is 13.8 Å². The lowest BCUT2D eigenvalue weighted by atomic mass is 10.2. The molecule has 0 aromatic heterocycles. The highest BCUT2D eigenvalue weighted by Gasteiger charge is 2.17. The fourth-order valence-electron chi connectivity index (χ4n) is 1.64. The molecule has 0 saturated heterocycles. The summed E-state index contributed by atoms with van der Waals surface area (Å²) in [6, 6.07) is 5.33. The van der Waals surface area contributed by atoms with E-state index in [1.54, 1.807) is 6.92 Å². The molecule has 1 rings (SSSR count). The van der Waals surface area contributed by atoms with Gasteiger partial charge < -0.3 is 10.2 Å². The maximum Gasteiger partial charge on any atom is 0.254 e. The molecule has 0 spiro atoms. The number of carbonyl (C=O) groups is 2. The molecule has 19 heavy (non-hydrogen) atoms. The molecular weight excluding hydrogens is 247 g/mol. The van der Waals surface area contributed by atoms with Crippen molar-refractivity contribution in [3.8, 4) is 0 Å². The fourth-order valence-corrected chi connectivity index (χ4v) is 1.64. The van der Waals surface area contributed by atoms with Crippen LogP contribution in [0.25, 0.3) is 0 Å². The summed E-state index contributed by atoms with van der Waals surface area (Å²) in [7, 11) is 0. The van der Waals surface area contributed by atoms with Crippen molar-refractivity contribution in [1.82, 2.24) is 10.2 Å². The van der Waals surface area contributed by atoms with E-state index in [-0.39, 0.29) is 24.4 Å². The minimum Gasteiger partial charge on any atom is -0.352 e. The summed E-state index contributed by atoms with van der Waals surface area (Å²) < 4.78 is 12.8. The summed E-state index contributed by atoms with van der Waals surface area (Å²) in [5.74, 6) is -0.870. The summed E-state index contributed by atoms with van der Waals surface area (Å²) in [5, 5.41) is 2.73. The predicted octanol–water partition coefficient (Wildman–Crippen LogP) is 1.81. The Hall–Kier alpha value is -1.91. The van der Waals surface area contributed by atoms with Gasteiger partial charge in [-0.2, -0.15) is 0 Å². The van der Waals surface area contributed by atoms with Gasteiger partial charge in [0.05, 0.1) is 6.54 Å². The highest BCUT2D eigenvalue weighted by atomic mass is 19.1. The molecule has 1 aromatic rings. The summed E-state index contributed by atoms with van der Waals surface area (Å²) in [6.45, 7) is 5.93. The van der Waals surface area contributed by atoms with Gasteiger partial charge in [-0.15, -0.1) is 0 Å². The van der Waals surface area contributed by atoms with Crippen molar-refractivity contribution in [3.63, 3.8) is 0 Å². The van der Waals surface area contributed by atoms with Gasteiger partial charge in [-0.3, -0.25) is 9.59 Å². The molecule has 0 aliphatic carbocycles. The highest BCUT2D eigenvalue weighted by Crippen LogP contribution is 2.06. The third-order valence-electron chi connectivity index (χ3n) is 2.54. The highest BCUT2D eigenvalue weighted by molar-refractivity contribution is 5.96. The van der Waals surface area contributed by atoms with Crippen molar-refractivity contribution in [2.45, 2.75) is 26.8 Å². The van der Waals surface area contributed by atoms with Crippen LogP contribution in [0.5, 0.6) is 0 Å². The predicted molar refractivity (Wildman–Crippen MR) is 71.3 cm³/mol. The number of hydrogen-bond donors (Lipinski definition) is 1. The first-order chi connectivity index (χ1) is 8.93. The van der Waals surface area contributed by atoms with Crippen LogP contribution in [-0.2, 0) is 4.79 Å². The molecule has 0 unspecified atom stereocenters. The summed E-state index contributed by atoms with van der Waals surface area (Å²) in [4.78, 5) is 25.2. The molecule has 104 valence electrons. The third kappa shape index (κ3) is 4.69. The van der Waals surface area contributed by atoms with E-state index in [0.29, 0.717) is 12.1 Å². The number of amides is 2. The molecule has 0 bridgehead atoms. The second-order valence-corrected chi connectivity index (χ2v) is 4.55. The number of hydrogen-bond acceptors (Lipinski definition) is 2. The van der Waals surface area contributed by atoms with Gasteiger partial charge in [-0.05, 0) is 45.0 Å². The molecule has 0 saturated carbocycles.